The minimum atomic E-state index is -1.36. The Morgan fingerprint density at radius 2 is 1.86 bits per heavy atom. The van der Waals surface area contributed by atoms with E-state index in [0.29, 0.717) is 11.4 Å². The fraction of sp³-hybridized carbons (Fsp3) is 0.0667. The number of para-hydroxylation sites is 3. The van der Waals surface area contributed by atoms with Crippen LogP contribution in [0.4, 0.5) is 15.8 Å². The van der Waals surface area contributed by atoms with Gasteiger partial charge < -0.3 is 15.4 Å². The Labute approximate surface area is 119 Å². The number of rotatable bonds is 2. The Morgan fingerprint density at radius 1 is 1.14 bits per heavy atom. The number of halogens is 1. The van der Waals surface area contributed by atoms with Crippen molar-refractivity contribution >= 4 is 23.2 Å². The second-order valence-electron chi connectivity index (χ2n) is 4.45. The molecule has 1 aliphatic heterocycles. The van der Waals surface area contributed by atoms with Gasteiger partial charge in [0.1, 0.15) is 11.6 Å². The molecule has 2 N–H and O–H groups in total. The van der Waals surface area contributed by atoms with Crippen LogP contribution >= 0.6 is 0 Å². The number of carbonyl (C=O) groups is 2. The molecule has 2 aromatic rings. The average molecular weight is 286 g/mol. The highest BCUT2D eigenvalue weighted by molar-refractivity contribution is 6.15. The Morgan fingerprint density at radius 3 is 2.67 bits per heavy atom. The number of benzene rings is 2. The monoisotopic (exact) mass is 286 g/mol. The third kappa shape index (κ3) is 2.55. The van der Waals surface area contributed by atoms with Crippen LogP contribution in [0, 0.1) is 5.82 Å². The quantitative estimate of drug-likeness (QED) is 0.831. The standard InChI is InChI=1S/C15H11FN2O3/c16-9-5-1-2-6-10(9)17-14(19)13-15(20)18-11-7-3-4-8-12(11)21-13/h1-8,13H,(H,17,19)(H,18,20)/t13-/m1/s1. The lowest BCUT2D eigenvalue weighted by Crippen LogP contribution is -2.45. The fourth-order valence-corrected chi connectivity index (χ4v) is 1.98. The van der Waals surface area contributed by atoms with Gasteiger partial charge in [-0.25, -0.2) is 4.39 Å². The summed E-state index contributed by atoms with van der Waals surface area (Å²) in [5.41, 5.74) is 0.496. The van der Waals surface area contributed by atoms with Gasteiger partial charge in [-0.1, -0.05) is 24.3 Å². The Kier molecular flexibility index (Phi) is 3.27. The van der Waals surface area contributed by atoms with E-state index in [1.807, 2.05) is 0 Å². The highest BCUT2D eigenvalue weighted by Gasteiger charge is 2.34. The van der Waals surface area contributed by atoms with Gasteiger partial charge in [0.15, 0.2) is 0 Å². The predicted molar refractivity (Wildman–Crippen MR) is 74.5 cm³/mol. The molecule has 5 nitrogen and oxygen atoms in total. The maximum atomic E-state index is 13.5. The van der Waals surface area contributed by atoms with Gasteiger partial charge in [-0.15, -0.1) is 0 Å². The van der Waals surface area contributed by atoms with Crippen molar-refractivity contribution in [3.8, 4) is 5.75 Å². The first kappa shape index (κ1) is 13.1. The lowest BCUT2D eigenvalue weighted by atomic mass is 10.2. The minimum absolute atomic E-state index is 0.00208. The van der Waals surface area contributed by atoms with E-state index in [-0.39, 0.29) is 5.69 Å². The van der Waals surface area contributed by atoms with E-state index in [9.17, 15) is 14.0 Å². The molecule has 0 spiro atoms. The van der Waals surface area contributed by atoms with Crippen molar-refractivity contribution in [1.29, 1.82) is 0 Å². The zero-order valence-electron chi connectivity index (χ0n) is 10.8. The minimum Gasteiger partial charge on any atom is -0.468 e. The SMILES string of the molecule is O=C(Nc1ccccc1F)[C@H]1Oc2ccccc2NC1=O. The first-order valence-electron chi connectivity index (χ1n) is 6.27. The number of amides is 2. The zero-order valence-corrected chi connectivity index (χ0v) is 10.8. The molecular weight excluding hydrogens is 275 g/mol. The number of fused-ring (bicyclic) bond motifs is 1. The van der Waals surface area contributed by atoms with Crippen molar-refractivity contribution in [1.82, 2.24) is 0 Å². The van der Waals surface area contributed by atoms with Crippen LogP contribution in [0.3, 0.4) is 0 Å². The number of hydrogen-bond donors (Lipinski definition) is 2. The number of nitrogens with one attached hydrogen (secondary N) is 2. The van der Waals surface area contributed by atoms with Crippen LogP contribution in [-0.4, -0.2) is 17.9 Å². The smallest absolute Gasteiger partial charge is 0.275 e. The Hall–Kier alpha value is -2.89. The van der Waals surface area contributed by atoms with Crippen LogP contribution in [0.1, 0.15) is 0 Å². The van der Waals surface area contributed by atoms with Gasteiger partial charge in [0.2, 0.25) is 0 Å². The summed E-state index contributed by atoms with van der Waals surface area (Å²) in [6.45, 7) is 0. The lowest BCUT2D eigenvalue weighted by molar-refractivity contribution is -0.133. The van der Waals surface area contributed by atoms with Crippen LogP contribution in [0.25, 0.3) is 0 Å². The summed E-state index contributed by atoms with van der Waals surface area (Å²) in [6.07, 6.45) is -1.36. The van der Waals surface area contributed by atoms with E-state index in [4.69, 9.17) is 4.74 Å². The molecule has 0 unspecified atom stereocenters. The maximum Gasteiger partial charge on any atom is 0.275 e. The number of ether oxygens (including phenoxy) is 1. The van der Waals surface area contributed by atoms with Crippen LogP contribution in [-0.2, 0) is 9.59 Å². The van der Waals surface area contributed by atoms with Gasteiger partial charge in [0.25, 0.3) is 17.9 Å². The summed E-state index contributed by atoms with van der Waals surface area (Å²) >= 11 is 0. The molecule has 1 aliphatic rings. The molecule has 0 bridgehead atoms. The summed E-state index contributed by atoms with van der Waals surface area (Å²) in [5.74, 6) is -1.51. The van der Waals surface area contributed by atoms with E-state index >= 15 is 0 Å². The van der Waals surface area contributed by atoms with Crippen molar-refractivity contribution in [2.24, 2.45) is 0 Å². The molecule has 1 atom stereocenters. The summed E-state index contributed by atoms with van der Waals surface area (Å²) in [7, 11) is 0. The third-order valence-corrected chi connectivity index (χ3v) is 3.00. The molecule has 0 saturated carbocycles. The third-order valence-electron chi connectivity index (χ3n) is 3.00. The van der Waals surface area contributed by atoms with Crippen LogP contribution in [0.15, 0.2) is 48.5 Å². The van der Waals surface area contributed by atoms with Crippen LogP contribution in [0.2, 0.25) is 0 Å². The Balaban J connectivity index is 1.80. The normalized spacial score (nSPS) is 16.4. The highest BCUT2D eigenvalue weighted by atomic mass is 19.1. The summed E-state index contributed by atoms with van der Waals surface area (Å²) in [6, 6.07) is 12.5. The fourth-order valence-electron chi connectivity index (χ4n) is 1.98. The molecule has 0 aliphatic carbocycles. The highest BCUT2D eigenvalue weighted by Crippen LogP contribution is 2.29. The van der Waals surface area contributed by atoms with Gasteiger partial charge in [-0.2, -0.15) is 0 Å². The van der Waals surface area contributed by atoms with Crippen molar-refractivity contribution in [3.63, 3.8) is 0 Å². The van der Waals surface area contributed by atoms with Gasteiger partial charge in [0.05, 0.1) is 11.4 Å². The van der Waals surface area contributed by atoms with E-state index < -0.39 is 23.7 Å². The topological polar surface area (TPSA) is 67.4 Å². The second kappa shape index (κ2) is 5.24. The largest absolute Gasteiger partial charge is 0.468 e. The molecular formula is C15H11FN2O3. The van der Waals surface area contributed by atoms with Crippen molar-refractivity contribution < 1.29 is 18.7 Å². The first-order valence-corrected chi connectivity index (χ1v) is 6.27. The molecule has 2 amide bonds. The lowest BCUT2D eigenvalue weighted by Gasteiger charge is -2.24. The molecule has 21 heavy (non-hydrogen) atoms. The van der Waals surface area contributed by atoms with Crippen molar-refractivity contribution in [3.05, 3.63) is 54.3 Å². The molecule has 3 rings (SSSR count). The van der Waals surface area contributed by atoms with Gasteiger partial charge in [0, 0.05) is 0 Å². The van der Waals surface area contributed by atoms with Crippen molar-refractivity contribution in [2.45, 2.75) is 6.10 Å². The second-order valence-corrected chi connectivity index (χ2v) is 4.45. The molecule has 6 heteroatoms. The molecule has 0 radical (unpaired) electrons. The average Bonchev–Trinajstić information content (AvgIpc) is 2.49. The number of carbonyl (C=O) groups excluding carboxylic acids is 2. The van der Waals surface area contributed by atoms with E-state index in [1.54, 1.807) is 30.3 Å². The van der Waals surface area contributed by atoms with Gasteiger partial charge in [-0.05, 0) is 24.3 Å². The predicted octanol–water partition coefficient (Wildman–Crippen LogP) is 2.16. The van der Waals surface area contributed by atoms with Crippen LogP contribution in [0.5, 0.6) is 5.75 Å². The zero-order chi connectivity index (χ0) is 14.8. The van der Waals surface area contributed by atoms with E-state index in [1.165, 1.54) is 18.2 Å². The van der Waals surface area contributed by atoms with Gasteiger partial charge >= 0.3 is 0 Å². The molecule has 0 aromatic heterocycles. The van der Waals surface area contributed by atoms with E-state index in [0.717, 1.165) is 0 Å². The molecule has 0 saturated heterocycles. The summed E-state index contributed by atoms with van der Waals surface area (Å²) < 4.78 is 18.9. The van der Waals surface area contributed by atoms with E-state index in [2.05, 4.69) is 10.6 Å². The Bertz CT molecular complexity index is 718. The molecule has 2 aromatic carbocycles. The maximum absolute atomic E-state index is 13.5. The van der Waals surface area contributed by atoms with Crippen LogP contribution < -0.4 is 15.4 Å². The first-order chi connectivity index (χ1) is 10.1. The van der Waals surface area contributed by atoms with Crippen molar-refractivity contribution in [2.75, 3.05) is 10.6 Å². The molecule has 1 heterocycles. The van der Waals surface area contributed by atoms with Gasteiger partial charge in [-0.3, -0.25) is 9.59 Å². The summed E-state index contributed by atoms with van der Waals surface area (Å²) in [4.78, 5) is 24.0. The number of hydrogen-bond acceptors (Lipinski definition) is 3. The molecule has 106 valence electrons. The number of anilines is 2. The molecule has 0 fully saturated rings. The summed E-state index contributed by atoms with van der Waals surface area (Å²) in [5, 5.41) is 4.91.